The van der Waals surface area contributed by atoms with Crippen molar-refractivity contribution in [3.05, 3.63) is 28.2 Å². The van der Waals surface area contributed by atoms with Crippen molar-refractivity contribution in [3.8, 4) is 0 Å². The van der Waals surface area contributed by atoms with Gasteiger partial charge in [-0.25, -0.2) is 17.9 Å². The SMILES string of the molecule is O=C(O)c1ccc(S(=O)(=O)NC2CCC2)c(Br)c1. The number of nitrogens with one attached hydrogen (secondary N) is 1. The molecule has 1 aliphatic carbocycles. The first-order valence-corrected chi connectivity index (χ1v) is 7.73. The van der Waals surface area contributed by atoms with Gasteiger partial charge in [-0.2, -0.15) is 0 Å². The fraction of sp³-hybridized carbons (Fsp3) is 0.364. The van der Waals surface area contributed by atoms with Gasteiger partial charge in [-0.05, 0) is 47.0 Å². The number of benzene rings is 1. The van der Waals surface area contributed by atoms with Gasteiger partial charge >= 0.3 is 5.97 Å². The van der Waals surface area contributed by atoms with Crippen LogP contribution in [0.1, 0.15) is 29.6 Å². The summed E-state index contributed by atoms with van der Waals surface area (Å²) in [5.41, 5.74) is 0.0458. The smallest absolute Gasteiger partial charge is 0.335 e. The molecule has 98 valence electrons. The van der Waals surface area contributed by atoms with E-state index in [1.807, 2.05) is 0 Å². The van der Waals surface area contributed by atoms with Gasteiger partial charge in [0.25, 0.3) is 0 Å². The van der Waals surface area contributed by atoms with E-state index in [2.05, 4.69) is 20.7 Å². The molecule has 0 saturated heterocycles. The number of sulfonamides is 1. The molecule has 2 rings (SSSR count). The second kappa shape index (κ2) is 4.99. The van der Waals surface area contributed by atoms with E-state index in [-0.39, 0.29) is 21.0 Å². The van der Waals surface area contributed by atoms with E-state index in [0.717, 1.165) is 19.3 Å². The molecule has 2 N–H and O–H groups in total. The highest BCUT2D eigenvalue weighted by molar-refractivity contribution is 9.10. The van der Waals surface area contributed by atoms with Crippen molar-refractivity contribution in [1.82, 2.24) is 4.72 Å². The van der Waals surface area contributed by atoms with Crippen molar-refractivity contribution in [3.63, 3.8) is 0 Å². The summed E-state index contributed by atoms with van der Waals surface area (Å²) in [6.45, 7) is 0. The number of rotatable bonds is 4. The molecule has 0 heterocycles. The zero-order chi connectivity index (χ0) is 13.3. The first-order chi connectivity index (χ1) is 8.40. The summed E-state index contributed by atoms with van der Waals surface area (Å²) in [5.74, 6) is -1.09. The minimum absolute atomic E-state index is 0.000972. The number of aromatic carboxylic acids is 1. The van der Waals surface area contributed by atoms with Crippen LogP contribution in [0.3, 0.4) is 0 Å². The van der Waals surface area contributed by atoms with Crippen molar-refractivity contribution >= 4 is 31.9 Å². The van der Waals surface area contributed by atoms with E-state index >= 15 is 0 Å². The van der Waals surface area contributed by atoms with Gasteiger partial charge in [0.15, 0.2) is 0 Å². The number of halogens is 1. The average Bonchev–Trinajstić information content (AvgIpc) is 2.23. The maximum atomic E-state index is 12.0. The van der Waals surface area contributed by atoms with Crippen LogP contribution < -0.4 is 4.72 Å². The molecule has 1 aromatic carbocycles. The molecule has 5 nitrogen and oxygen atoms in total. The molecule has 0 amide bonds. The highest BCUT2D eigenvalue weighted by Crippen LogP contribution is 2.26. The highest BCUT2D eigenvalue weighted by Gasteiger charge is 2.26. The molecule has 1 aromatic rings. The minimum Gasteiger partial charge on any atom is -0.478 e. The summed E-state index contributed by atoms with van der Waals surface area (Å²) in [6, 6.07) is 3.87. The second-order valence-corrected chi connectivity index (χ2v) is 6.74. The zero-order valence-electron chi connectivity index (χ0n) is 9.39. The van der Waals surface area contributed by atoms with Gasteiger partial charge in [0.05, 0.1) is 10.5 Å². The Bertz CT molecular complexity index is 581. The van der Waals surface area contributed by atoms with Crippen LogP contribution in [-0.4, -0.2) is 25.5 Å². The van der Waals surface area contributed by atoms with E-state index in [4.69, 9.17) is 5.11 Å². The molecule has 0 aliphatic heterocycles. The van der Waals surface area contributed by atoms with Crippen LogP contribution in [0.4, 0.5) is 0 Å². The molecule has 0 aromatic heterocycles. The van der Waals surface area contributed by atoms with Gasteiger partial charge in [-0.15, -0.1) is 0 Å². The molecule has 0 atom stereocenters. The van der Waals surface area contributed by atoms with Crippen molar-refractivity contribution in [2.45, 2.75) is 30.2 Å². The van der Waals surface area contributed by atoms with Crippen molar-refractivity contribution in [2.24, 2.45) is 0 Å². The van der Waals surface area contributed by atoms with E-state index in [1.54, 1.807) is 0 Å². The van der Waals surface area contributed by atoms with E-state index in [1.165, 1.54) is 18.2 Å². The third-order valence-corrected chi connectivity index (χ3v) is 5.39. The van der Waals surface area contributed by atoms with Crippen LogP contribution in [0.15, 0.2) is 27.6 Å². The van der Waals surface area contributed by atoms with Gasteiger partial charge in [0, 0.05) is 10.5 Å². The molecule has 7 heteroatoms. The van der Waals surface area contributed by atoms with Crippen molar-refractivity contribution < 1.29 is 18.3 Å². The Morgan fingerprint density at radius 1 is 1.39 bits per heavy atom. The molecule has 18 heavy (non-hydrogen) atoms. The lowest BCUT2D eigenvalue weighted by Crippen LogP contribution is -2.39. The summed E-state index contributed by atoms with van der Waals surface area (Å²) < 4.78 is 26.9. The Morgan fingerprint density at radius 2 is 2.06 bits per heavy atom. The number of carboxylic acid groups (broad SMARTS) is 1. The van der Waals surface area contributed by atoms with Crippen LogP contribution >= 0.6 is 15.9 Å². The van der Waals surface area contributed by atoms with Crippen LogP contribution in [0.2, 0.25) is 0 Å². The summed E-state index contributed by atoms with van der Waals surface area (Å²) in [5, 5.41) is 8.81. The quantitative estimate of drug-likeness (QED) is 0.882. The molecule has 0 radical (unpaired) electrons. The summed E-state index contributed by atoms with van der Waals surface area (Å²) in [4.78, 5) is 10.8. The topological polar surface area (TPSA) is 83.5 Å². The Morgan fingerprint density at radius 3 is 2.50 bits per heavy atom. The van der Waals surface area contributed by atoms with Crippen molar-refractivity contribution in [2.75, 3.05) is 0 Å². The van der Waals surface area contributed by atoms with Gasteiger partial charge in [0.2, 0.25) is 10.0 Å². The highest BCUT2D eigenvalue weighted by atomic mass is 79.9. The minimum atomic E-state index is -3.58. The lowest BCUT2D eigenvalue weighted by molar-refractivity contribution is 0.0696. The Kier molecular flexibility index (Phi) is 3.74. The Balaban J connectivity index is 2.29. The van der Waals surface area contributed by atoms with Gasteiger partial charge in [-0.1, -0.05) is 6.42 Å². The Hall–Kier alpha value is -0.920. The van der Waals surface area contributed by atoms with Gasteiger partial charge < -0.3 is 5.11 Å². The third-order valence-electron chi connectivity index (χ3n) is 2.90. The Labute approximate surface area is 113 Å². The molecule has 1 saturated carbocycles. The standard InChI is InChI=1S/C11H12BrNO4S/c12-9-6-7(11(14)15)4-5-10(9)18(16,17)13-8-2-1-3-8/h4-6,8,13H,1-3H2,(H,14,15). The largest absolute Gasteiger partial charge is 0.478 e. The summed E-state index contributed by atoms with van der Waals surface area (Å²) >= 11 is 3.10. The number of carboxylic acids is 1. The van der Waals surface area contributed by atoms with E-state index in [9.17, 15) is 13.2 Å². The monoisotopic (exact) mass is 333 g/mol. The van der Waals surface area contributed by atoms with Crippen LogP contribution in [-0.2, 0) is 10.0 Å². The maximum Gasteiger partial charge on any atom is 0.335 e. The van der Waals surface area contributed by atoms with Crippen molar-refractivity contribution in [1.29, 1.82) is 0 Å². The first kappa shape index (κ1) is 13.5. The average molecular weight is 334 g/mol. The predicted octanol–water partition coefficient (Wildman–Crippen LogP) is 1.98. The zero-order valence-corrected chi connectivity index (χ0v) is 11.8. The molecule has 1 aliphatic rings. The van der Waals surface area contributed by atoms with E-state index < -0.39 is 16.0 Å². The molecular formula is C11H12BrNO4S. The lowest BCUT2D eigenvalue weighted by atomic mass is 9.94. The first-order valence-electron chi connectivity index (χ1n) is 5.45. The third kappa shape index (κ3) is 2.73. The van der Waals surface area contributed by atoms with Crippen LogP contribution in [0.25, 0.3) is 0 Å². The fourth-order valence-corrected chi connectivity index (χ4v) is 4.04. The molecule has 1 fully saturated rings. The predicted molar refractivity (Wildman–Crippen MR) is 69.1 cm³/mol. The van der Waals surface area contributed by atoms with Gasteiger partial charge in [-0.3, -0.25) is 0 Å². The lowest BCUT2D eigenvalue weighted by Gasteiger charge is -2.26. The number of carbonyl (C=O) groups is 1. The molecular weight excluding hydrogens is 322 g/mol. The van der Waals surface area contributed by atoms with Crippen LogP contribution in [0, 0.1) is 0 Å². The van der Waals surface area contributed by atoms with Crippen LogP contribution in [0.5, 0.6) is 0 Å². The molecule has 0 spiro atoms. The van der Waals surface area contributed by atoms with Gasteiger partial charge in [0.1, 0.15) is 0 Å². The van der Waals surface area contributed by atoms with E-state index in [0.29, 0.717) is 0 Å². The summed E-state index contributed by atoms with van der Waals surface area (Å²) in [6.07, 6.45) is 2.74. The normalized spacial score (nSPS) is 16.3. The maximum absolute atomic E-state index is 12.0. The second-order valence-electron chi connectivity index (χ2n) is 4.20. The molecule has 0 unspecified atom stereocenters. The number of hydrogen-bond acceptors (Lipinski definition) is 3. The summed E-state index contributed by atoms with van der Waals surface area (Å²) in [7, 11) is -3.58. The molecule has 0 bridgehead atoms. The number of hydrogen-bond donors (Lipinski definition) is 2. The fourth-order valence-electron chi connectivity index (χ4n) is 1.66.